The van der Waals surface area contributed by atoms with Gasteiger partial charge in [0.25, 0.3) is 0 Å². The quantitative estimate of drug-likeness (QED) is 0.476. The lowest BCUT2D eigenvalue weighted by molar-refractivity contribution is -0.142. The molecule has 0 aliphatic heterocycles. The monoisotopic (exact) mass is 466 g/mol. The van der Waals surface area contributed by atoms with Crippen molar-refractivity contribution in [1.29, 1.82) is 0 Å². The molecule has 34 heavy (non-hydrogen) atoms. The molecule has 0 aromatic heterocycles. The smallest absolute Gasteiger partial charge is 0.407 e. The summed E-state index contributed by atoms with van der Waals surface area (Å²) in [4.78, 5) is 37.1. The highest BCUT2D eigenvalue weighted by atomic mass is 16.5. The molecule has 3 N–H and O–H groups in total. The van der Waals surface area contributed by atoms with Crippen LogP contribution in [-0.2, 0) is 14.3 Å². The highest BCUT2D eigenvalue weighted by Crippen LogP contribution is 2.44. The van der Waals surface area contributed by atoms with E-state index in [9.17, 15) is 19.5 Å². The summed E-state index contributed by atoms with van der Waals surface area (Å²) < 4.78 is 5.56. The fourth-order valence-corrected chi connectivity index (χ4v) is 4.35. The van der Waals surface area contributed by atoms with Crippen LogP contribution >= 0.6 is 0 Å². The van der Waals surface area contributed by atoms with Gasteiger partial charge in [-0.15, -0.1) is 0 Å². The molecule has 0 fully saturated rings. The van der Waals surface area contributed by atoms with Gasteiger partial charge in [0.2, 0.25) is 5.91 Å². The zero-order chi connectivity index (χ0) is 24.8. The van der Waals surface area contributed by atoms with Crippen LogP contribution in [0, 0.1) is 11.8 Å². The molecular weight excluding hydrogens is 432 g/mol. The van der Waals surface area contributed by atoms with E-state index in [1.165, 1.54) is 0 Å². The number of hydrogen-bond donors (Lipinski definition) is 3. The maximum atomic E-state index is 12.8. The number of carboxylic acids is 1. The standard InChI is InChI=1S/C27H34N2O5/c1-5-17(4)14-23(26(31)32)28-25(30)24(16(2)3)29-27(33)34-15-22-20-12-8-6-10-18(20)19-11-7-9-13-21(19)22/h6-13,16-17,22-24H,5,14-15H2,1-4H3,(H,28,30)(H,29,33)(H,31,32)/t17?,23?,24-/m1/s1. The maximum absolute atomic E-state index is 12.8. The van der Waals surface area contributed by atoms with Crippen LogP contribution in [0.25, 0.3) is 11.1 Å². The van der Waals surface area contributed by atoms with Crippen LogP contribution < -0.4 is 10.6 Å². The number of benzene rings is 2. The third-order valence-electron chi connectivity index (χ3n) is 6.52. The first-order chi connectivity index (χ1) is 16.2. The van der Waals surface area contributed by atoms with E-state index >= 15 is 0 Å². The first-order valence-corrected chi connectivity index (χ1v) is 11.9. The minimum atomic E-state index is -1.09. The Kier molecular flexibility index (Phi) is 8.31. The molecule has 1 aliphatic rings. The molecule has 2 amide bonds. The van der Waals surface area contributed by atoms with Crippen molar-refractivity contribution in [3.8, 4) is 11.1 Å². The van der Waals surface area contributed by atoms with Crippen molar-refractivity contribution in [2.24, 2.45) is 11.8 Å². The molecule has 1 aliphatic carbocycles. The van der Waals surface area contributed by atoms with Crippen molar-refractivity contribution >= 4 is 18.0 Å². The molecule has 7 nitrogen and oxygen atoms in total. The minimum Gasteiger partial charge on any atom is -0.480 e. The molecule has 0 saturated carbocycles. The van der Waals surface area contributed by atoms with Crippen LogP contribution in [0.4, 0.5) is 4.79 Å². The molecular formula is C27H34N2O5. The van der Waals surface area contributed by atoms with Gasteiger partial charge in [-0.1, -0.05) is 82.6 Å². The summed E-state index contributed by atoms with van der Waals surface area (Å²) in [6.07, 6.45) is 0.433. The molecule has 3 atom stereocenters. The van der Waals surface area contributed by atoms with E-state index in [4.69, 9.17) is 4.74 Å². The van der Waals surface area contributed by atoms with Gasteiger partial charge in [0.15, 0.2) is 0 Å². The molecule has 0 heterocycles. The lowest BCUT2D eigenvalue weighted by Gasteiger charge is -2.25. The summed E-state index contributed by atoms with van der Waals surface area (Å²) in [5.74, 6) is -1.81. The number of fused-ring (bicyclic) bond motifs is 3. The van der Waals surface area contributed by atoms with Crippen molar-refractivity contribution in [3.63, 3.8) is 0 Å². The van der Waals surface area contributed by atoms with E-state index in [2.05, 4.69) is 22.8 Å². The number of amides is 2. The van der Waals surface area contributed by atoms with Gasteiger partial charge < -0.3 is 20.5 Å². The first kappa shape index (κ1) is 25.3. The lowest BCUT2D eigenvalue weighted by Crippen LogP contribution is -2.54. The second-order valence-corrected chi connectivity index (χ2v) is 9.34. The van der Waals surface area contributed by atoms with Crippen LogP contribution in [0.1, 0.15) is 57.6 Å². The SMILES string of the molecule is CCC(C)CC(NC(=O)[C@H](NC(=O)OCC1c2ccccc2-c2ccccc21)C(C)C)C(=O)O. The number of carbonyl (C=O) groups is 3. The summed E-state index contributed by atoms with van der Waals surface area (Å²) in [7, 11) is 0. The van der Waals surface area contributed by atoms with Crippen LogP contribution in [-0.4, -0.2) is 41.8 Å². The number of alkyl carbamates (subject to hydrolysis) is 1. The number of ether oxygens (including phenoxy) is 1. The number of hydrogen-bond acceptors (Lipinski definition) is 4. The van der Waals surface area contributed by atoms with Crippen LogP contribution in [0.2, 0.25) is 0 Å². The van der Waals surface area contributed by atoms with Crippen molar-refractivity contribution in [2.45, 2.75) is 58.5 Å². The van der Waals surface area contributed by atoms with Crippen molar-refractivity contribution in [1.82, 2.24) is 10.6 Å². The second-order valence-electron chi connectivity index (χ2n) is 9.34. The Hall–Kier alpha value is -3.35. The van der Waals surface area contributed by atoms with Crippen LogP contribution in [0.5, 0.6) is 0 Å². The Balaban J connectivity index is 1.64. The largest absolute Gasteiger partial charge is 0.480 e. The Labute approximate surface area is 200 Å². The van der Waals surface area contributed by atoms with Crippen molar-refractivity contribution in [2.75, 3.05) is 6.61 Å². The molecule has 182 valence electrons. The number of aliphatic carboxylic acids is 1. The molecule has 0 bridgehead atoms. The molecule has 3 rings (SSSR count). The summed E-state index contributed by atoms with van der Waals surface area (Å²) >= 11 is 0. The van der Waals surface area contributed by atoms with Gasteiger partial charge in [0, 0.05) is 5.92 Å². The number of carbonyl (C=O) groups excluding carboxylic acids is 2. The predicted molar refractivity (Wildman–Crippen MR) is 130 cm³/mol. The Morgan fingerprint density at radius 2 is 1.50 bits per heavy atom. The third-order valence-corrected chi connectivity index (χ3v) is 6.52. The average Bonchev–Trinajstić information content (AvgIpc) is 3.14. The minimum absolute atomic E-state index is 0.0867. The van der Waals surface area contributed by atoms with Crippen LogP contribution in [0.15, 0.2) is 48.5 Å². The molecule has 7 heteroatoms. The molecule has 2 aromatic rings. The number of nitrogens with one attached hydrogen (secondary N) is 2. The second kappa shape index (κ2) is 11.2. The summed E-state index contributed by atoms with van der Waals surface area (Å²) in [5, 5.41) is 14.7. The van der Waals surface area contributed by atoms with Gasteiger partial charge in [-0.2, -0.15) is 0 Å². The zero-order valence-electron chi connectivity index (χ0n) is 20.2. The van der Waals surface area contributed by atoms with E-state index in [-0.39, 0.29) is 24.4 Å². The number of rotatable bonds is 10. The van der Waals surface area contributed by atoms with Gasteiger partial charge in [0.1, 0.15) is 18.7 Å². The van der Waals surface area contributed by atoms with Crippen molar-refractivity contribution < 1.29 is 24.2 Å². The van der Waals surface area contributed by atoms with E-state index in [0.717, 1.165) is 28.7 Å². The summed E-state index contributed by atoms with van der Waals surface area (Å²) in [5.41, 5.74) is 4.47. The molecule has 2 unspecified atom stereocenters. The van der Waals surface area contributed by atoms with E-state index in [1.807, 2.05) is 50.2 Å². The van der Waals surface area contributed by atoms with Gasteiger partial charge >= 0.3 is 12.1 Å². The highest BCUT2D eigenvalue weighted by Gasteiger charge is 2.32. The molecule has 0 saturated heterocycles. The van der Waals surface area contributed by atoms with E-state index < -0.39 is 30.1 Å². The normalized spacial score (nSPS) is 15.1. The van der Waals surface area contributed by atoms with Gasteiger partial charge in [-0.3, -0.25) is 4.79 Å². The molecule has 0 radical (unpaired) electrons. The van der Waals surface area contributed by atoms with Crippen LogP contribution in [0.3, 0.4) is 0 Å². The average molecular weight is 467 g/mol. The van der Waals surface area contributed by atoms with Gasteiger partial charge in [-0.25, -0.2) is 9.59 Å². The summed E-state index contributed by atoms with van der Waals surface area (Å²) in [6, 6.07) is 14.2. The van der Waals surface area contributed by atoms with Crippen molar-refractivity contribution in [3.05, 3.63) is 59.7 Å². The summed E-state index contributed by atoms with van der Waals surface area (Å²) in [6.45, 7) is 7.63. The predicted octanol–water partition coefficient (Wildman–Crippen LogP) is 4.56. The van der Waals surface area contributed by atoms with E-state index in [1.54, 1.807) is 13.8 Å². The number of carboxylic acid groups (broad SMARTS) is 1. The molecule has 2 aromatic carbocycles. The topological polar surface area (TPSA) is 105 Å². The lowest BCUT2D eigenvalue weighted by atomic mass is 9.98. The Bertz CT molecular complexity index is 990. The van der Waals surface area contributed by atoms with Gasteiger partial charge in [-0.05, 0) is 40.5 Å². The van der Waals surface area contributed by atoms with Gasteiger partial charge in [0.05, 0.1) is 0 Å². The third kappa shape index (κ3) is 5.76. The fraction of sp³-hybridized carbons (Fsp3) is 0.444. The Morgan fingerprint density at radius 1 is 0.941 bits per heavy atom. The molecule has 0 spiro atoms. The first-order valence-electron chi connectivity index (χ1n) is 11.9. The van der Waals surface area contributed by atoms with E-state index in [0.29, 0.717) is 6.42 Å². The fourth-order valence-electron chi connectivity index (χ4n) is 4.35. The highest BCUT2D eigenvalue weighted by molar-refractivity contribution is 5.89. The zero-order valence-corrected chi connectivity index (χ0v) is 20.2. The Morgan fingerprint density at radius 3 is 2.00 bits per heavy atom. The maximum Gasteiger partial charge on any atom is 0.407 e.